The Kier molecular flexibility index (Phi) is 2.06. The molecule has 0 radical (unpaired) electrons. The lowest BCUT2D eigenvalue weighted by atomic mass is 9.70. The van der Waals surface area contributed by atoms with Gasteiger partial charge in [0.05, 0.1) is 0 Å². The van der Waals surface area contributed by atoms with E-state index in [1.165, 1.54) is 6.42 Å². The maximum atomic E-state index is 11.3. The van der Waals surface area contributed by atoms with Crippen molar-refractivity contribution in [3.05, 3.63) is 0 Å². The molecule has 0 aromatic rings. The lowest BCUT2D eigenvalue weighted by Gasteiger charge is -2.54. The number of alkyl halides is 1. The molecular weight excluding hydrogens is 188 g/mol. The maximum Gasteiger partial charge on any atom is 0.332 e. The summed E-state index contributed by atoms with van der Waals surface area (Å²) in [6.45, 7) is 1.96. The first-order chi connectivity index (χ1) is 6.15. The molecule has 0 bridgehead atoms. The summed E-state index contributed by atoms with van der Waals surface area (Å²) in [7, 11) is 0. The molecule has 1 spiro atoms. The minimum absolute atomic E-state index is 0.210. The second kappa shape index (κ2) is 2.88. The Morgan fingerprint density at radius 2 is 2.00 bits per heavy atom. The van der Waals surface area contributed by atoms with Crippen LogP contribution in [0.3, 0.4) is 0 Å². The van der Waals surface area contributed by atoms with Gasteiger partial charge in [-0.2, -0.15) is 0 Å². The highest BCUT2D eigenvalue weighted by Gasteiger charge is 2.66. The van der Waals surface area contributed by atoms with E-state index in [1.54, 1.807) is 0 Å². The number of hydrogen-bond acceptors (Lipinski definition) is 2. The van der Waals surface area contributed by atoms with E-state index in [1.807, 2.05) is 6.92 Å². The number of halogens is 1. The zero-order valence-corrected chi connectivity index (χ0v) is 8.69. The smallest absolute Gasteiger partial charge is 0.332 e. The van der Waals surface area contributed by atoms with Crippen LogP contribution in [0.5, 0.6) is 0 Å². The highest BCUT2D eigenvalue weighted by molar-refractivity contribution is 6.37. The Hall–Kier alpha value is -0.240. The van der Waals surface area contributed by atoms with Gasteiger partial charge in [-0.1, -0.05) is 13.3 Å². The predicted octanol–water partition coefficient (Wildman–Crippen LogP) is 2.63. The lowest BCUT2D eigenvalue weighted by Crippen LogP contribution is -2.69. The average Bonchev–Trinajstić information content (AvgIpc) is 2.18. The average molecular weight is 203 g/mol. The topological polar surface area (TPSA) is 26.3 Å². The van der Waals surface area contributed by atoms with Crippen LogP contribution in [0.1, 0.15) is 45.4 Å². The lowest BCUT2D eigenvalue weighted by molar-refractivity contribution is -0.213. The fourth-order valence-electron chi connectivity index (χ4n) is 2.57. The van der Waals surface area contributed by atoms with Crippen LogP contribution in [-0.2, 0) is 9.53 Å². The number of hydrogen-bond donors (Lipinski definition) is 0. The van der Waals surface area contributed by atoms with Crippen LogP contribution in [0.15, 0.2) is 0 Å². The van der Waals surface area contributed by atoms with Crippen molar-refractivity contribution in [1.82, 2.24) is 0 Å². The third kappa shape index (κ3) is 1.04. The van der Waals surface area contributed by atoms with Crippen molar-refractivity contribution in [1.29, 1.82) is 0 Å². The third-order valence-electron chi connectivity index (χ3n) is 3.48. The predicted molar refractivity (Wildman–Crippen MR) is 50.8 cm³/mol. The molecule has 1 heterocycles. The van der Waals surface area contributed by atoms with Gasteiger partial charge >= 0.3 is 5.97 Å². The molecule has 2 aliphatic rings. The zero-order valence-electron chi connectivity index (χ0n) is 7.94. The molecule has 2 fully saturated rings. The summed E-state index contributed by atoms with van der Waals surface area (Å²) in [4.78, 5) is 10.6. The Bertz CT molecular complexity index is 233. The van der Waals surface area contributed by atoms with Gasteiger partial charge in [0.2, 0.25) is 0 Å². The summed E-state index contributed by atoms with van der Waals surface area (Å²) in [5.41, 5.74) is -0.307. The molecule has 0 aromatic carbocycles. The molecule has 13 heavy (non-hydrogen) atoms. The van der Waals surface area contributed by atoms with Crippen molar-refractivity contribution in [3.63, 3.8) is 0 Å². The van der Waals surface area contributed by atoms with Crippen molar-refractivity contribution >= 4 is 17.6 Å². The van der Waals surface area contributed by atoms with E-state index in [9.17, 15) is 4.79 Å². The number of esters is 1. The van der Waals surface area contributed by atoms with Gasteiger partial charge in [-0.25, -0.2) is 4.79 Å². The van der Waals surface area contributed by atoms with Crippen LogP contribution in [0.2, 0.25) is 0 Å². The normalized spacial score (nSPS) is 36.9. The van der Waals surface area contributed by atoms with Crippen LogP contribution in [0.25, 0.3) is 0 Å². The first kappa shape index (κ1) is 9.32. The van der Waals surface area contributed by atoms with Crippen molar-refractivity contribution in [2.45, 2.75) is 55.9 Å². The Balaban J connectivity index is 2.19. The van der Waals surface area contributed by atoms with E-state index < -0.39 is 4.87 Å². The van der Waals surface area contributed by atoms with Crippen molar-refractivity contribution in [3.8, 4) is 0 Å². The van der Waals surface area contributed by atoms with E-state index >= 15 is 0 Å². The summed E-state index contributed by atoms with van der Waals surface area (Å²) in [6, 6.07) is 0. The fourth-order valence-corrected chi connectivity index (χ4v) is 2.83. The van der Waals surface area contributed by atoms with E-state index in [0.717, 1.165) is 25.7 Å². The van der Waals surface area contributed by atoms with Crippen molar-refractivity contribution in [2.75, 3.05) is 0 Å². The quantitative estimate of drug-likeness (QED) is 0.483. The highest BCUT2D eigenvalue weighted by Crippen LogP contribution is 2.53. The van der Waals surface area contributed by atoms with Gasteiger partial charge in [0.25, 0.3) is 0 Å². The molecule has 1 atom stereocenters. The molecule has 1 aliphatic heterocycles. The van der Waals surface area contributed by atoms with Crippen LogP contribution >= 0.6 is 11.6 Å². The van der Waals surface area contributed by atoms with Gasteiger partial charge in [0.1, 0.15) is 5.60 Å². The summed E-state index contributed by atoms with van der Waals surface area (Å²) in [5, 5.41) is 0. The molecule has 1 saturated carbocycles. The summed E-state index contributed by atoms with van der Waals surface area (Å²) < 4.78 is 5.30. The van der Waals surface area contributed by atoms with Gasteiger partial charge in [-0.15, -0.1) is 11.6 Å². The Labute approximate surface area is 83.6 Å². The molecule has 2 rings (SSSR count). The van der Waals surface area contributed by atoms with Crippen LogP contribution < -0.4 is 0 Å². The molecule has 74 valence electrons. The SMILES string of the molecule is CCC1(Cl)C(=O)OC12CCCCC2. The van der Waals surface area contributed by atoms with Gasteiger partial charge < -0.3 is 4.74 Å². The second-order valence-corrected chi connectivity index (χ2v) is 4.74. The molecule has 0 aromatic heterocycles. The minimum atomic E-state index is -0.701. The standard InChI is InChI=1S/C10H15ClO2/c1-2-10(11)8(12)13-9(10)6-4-3-5-7-9/h2-7H2,1H3. The van der Waals surface area contributed by atoms with E-state index in [0.29, 0.717) is 6.42 Å². The number of carbonyl (C=O) groups is 1. The molecule has 2 nitrogen and oxygen atoms in total. The van der Waals surface area contributed by atoms with Gasteiger partial charge in [-0.05, 0) is 32.1 Å². The molecule has 3 heteroatoms. The van der Waals surface area contributed by atoms with E-state index in [-0.39, 0.29) is 11.6 Å². The summed E-state index contributed by atoms with van der Waals surface area (Å²) >= 11 is 6.30. The minimum Gasteiger partial charge on any atom is -0.455 e. The highest BCUT2D eigenvalue weighted by atomic mass is 35.5. The molecule has 0 N–H and O–H groups in total. The van der Waals surface area contributed by atoms with E-state index in [4.69, 9.17) is 16.3 Å². The van der Waals surface area contributed by atoms with Crippen molar-refractivity contribution in [2.24, 2.45) is 0 Å². The molecule has 1 unspecified atom stereocenters. The molecule has 1 aliphatic carbocycles. The fraction of sp³-hybridized carbons (Fsp3) is 0.900. The molecular formula is C10H15ClO2. The first-order valence-corrected chi connectivity index (χ1v) is 5.45. The molecule has 1 saturated heterocycles. The van der Waals surface area contributed by atoms with Gasteiger partial charge in [0.15, 0.2) is 4.87 Å². The van der Waals surface area contributed by atoms with Gasteiger partial charge in [0, 0.05) is 0 Å². The maximum absolute atomic E-state index is 11.3. The Morgan fingerprint density at radius 3 is 2.46 bits per heavy atom. The molecule has 0 amide bonds. The first-order valence-electron chi connectivity index (χ1n) is 5.07. The second-order valence-electron chi connectivity index (χ2n) is 4.10. The van der Waals surface area contributed by atoms with Gasteiger partial charge in [-0.3, -0.25) is 0 Å². The summed E-state index contributed by atoms with van der Waals surface area (Å²) in [5.74, 6) is -0.210. The summed E-state index contributed by atoms with van der Waals surface area (Å²) in [6.07, 6.45) is 6.12. The van der Waals surface area contributed by atoms with Crippen LogP contribution in [0, 0.1) is 0 Å². The zero-order chi connectivity index (χ0) is 9.53. The van der Waals surface area contributed by atoms with Crippen LogP contribution in [-0.4, -0.2) is 16.4 Å². The Morgan fingerprint density at radius 1 is 1.38 bits per heavy atom. The third-order valence-corrected chi connectivity index (χ3v) is 4.25. The van der Waals surface area contributed by atoms with Crippen LogP contribution in [0.4, 0.5) is 0 Å². The van der Waals surface area contributed by atoms with E-state index in [2.05, 4.69) is 0 Å². The number of ether oxygens (including phenoxy) is 1. The van der Waals surface area contributed by atoms with Crippen molar-refractivity contribution < 1.29 is 9.53 Å². The monoisotopic (exact) mass is 202 g/mol. The number of rotatable bonds is 1. The number of carbonyl (C=O) groups excluding carboxylic acids is 1. The largest absolute Gasteiger partial charge is 0.455 e.